The SMILES string of the molecule is CN=C(NCc1ccc(OC)cc1)NCc1cccc(S(=O)(=O)N2CCCCC2)c1. The number of nitrogens with one attached hydrogen (secondary N) is 2. The van der Waals surface area contributed by atoms with Crippen molar-refractivity contribution in [2.45, 2.75) is 37.2 Å². The van der Waals surface area contributed by atoms with Gasteiger partial charge in [-0.1, -0.05) is 30.7 Å². The highest BCUT2D eigenvalue weighted by Crippen LogP contribution is 2.21. The van der Waals surface area contributed by atoms with Gasteiger partial charge in [-0.25, -0.2) is 8.42 Å². The number of hydrogen-bond acceptors (Lipinski definition) is 4. The number of piperidine rings is 1. The van der Waals surface area contributed by atoms with Gasteiger partial charge in [0.15, 0.2) is 5.96 Å². The number of ether oxygens (including phenoxy) is 1. The molecule has 1 fully saturated rings. The van der Waals surface area contributed by atoms with E-state index in [9.17, 15) is 8.42 Å². The lowest BCUT2D eigenvalue weighted by Crippen LogP contribution is -2.36. The van der Waals surface area contributed by atoms with Crippen LogP contribution < -0.4 is 15.4 Å². The Morgan fingerprint density at radius 3 is 2.30 bits per heavy atom. The lowest BCUT2D eigenvalue weighted by molar-refractivity contribution is 0.346. The number of hydrogen-bond donors (Lipinski definition) is 2. The zero-order chi connectivity index (χ0) is 21.4. The van der Waals surface area contributed by atoms with Crippen LogP contribution in [0.4, 0.5) is 0 Å². The van der Waals surface area contributed by atoms with Gasteiger partial charge in [0.05, 0.1) is 12.0 Å². The van der Waals surface area contributed by atoms with E-state index in [0.29, 0.717) is 37.0 Å². The molecular weight excluding hydrogens is 400 g/mol. The Labute approximate surface area is 179 Å². The van der Waals surface area contributed by atoms with E-state index in [4.69, 9.17) is 4.74 Å². The first-order valence-corrected chi connectivity index (χ1v) is 11.6. The molecule has 30 heavy (non-hydrogen) atoms. The summed E-state index contributed by atoms with van der Waals surface area (Å²) in [7, 11) is -0.0777. The molecule has 2 aromatic rings. The maximum atomic E-state index is 12.9. The molecule has 1 saturated heterocycles. The third-order valence-corrected chi connectivity index (χ3v) is 7.05. The van der Waals surface area contributed by atoms with Gasteiger partial charge in [-0.15, -0.1) is 0 Å². The summed E-state index contributed by atoms with van der Waals surface area (Å²) < 4.78 is 32.6. The predicted octanol–water partition coefficient (Wildman–Crippen LogP) is 2.74. The van der Waals surface area contributed by atoms with Crippen molar-refractivity contribution < 1.29 is 13.2 Å². The molecule has 0 bridgehead atoms. The van der Waals surface area contributed by atoms with E-state index in [1.807, 2.05) is 30.3 Å². The summed E-state index contributed by atoms with van der Waals surface area (Å²) in [6.45, 7) is 2.30. The van der Waals surface area contributed by atoms with Crippen molar-refractivity contribution in [1.82, 2.24) is 14.9 Å². The summed E-state index contributed by atoms with van der Waals surface area (Å²) in [6, 6.07) is 14.9. The van der Waals surface area contributed by atoms with Crippen molar-refractivity contribution in [3.63, 3.8) is 0 Å². The zero-order valence-corrected chi connectivity index (χ0v) is 18.4. The summed E-state index contributed by atoms with van der Waals surface area (Å²) in [5.41, 5.74) is 1.99. The van der Waals surface area contributed by atoms with Crippen LogP contribution in [0.25, 0.3) is 0 Å². The molecule has 1 aliphatic rings. The van der Waals surface area contributed by atoms with Gasteiger partial charge in [0.25, 0.3) is 0 Å². The molecular formula is C22H30N4O3S. The summed E-state index contributed by atoms with van der Waals surface area (Å²) in [5, 5.41) is 6.50. The number of aliphatic imine (C=N–C) groups is 1. The largest absolute Gasteiger partial charge is 0.497 e. The third-order valence-electron chi connectivity index (χ3n) is 5.15. The minimum absolute atomic E-state index is 0.352. The molecule has 7 nitrogen and oxygen atoms in total. The molecule has 8 heteroatoms. The fraction of sp³-hybridized carbons (Fsp3) is 0.409. The Balaban J connectivity index is 1.58. The molecule has 2 N–H and O–H groups in total. The predicted molar refractivity (Wildman–Crippen MR) is 119 cm³/mol. The quantitative estimate of drug-likeness (QED) is 0.521. The van der Waals surface area contributed by atoms with Gasteiger partial charge in [0.2, 0.25) is 10.0 Å². The molecule has 3 rings (SSSR count). The molecule has 0 unspecified atom stereocenters. The van der Waals surface area contributed by atoms with E-state index in [1.54, 1.807) is 36.7 Å². The Bertz CT molecular complexity index is 953. The van der Waals surface area contributed by atoms with Crippen molar-refractivity contribution in [3.8, 4) is 5.75 Å². The van der Waals surface area contributed by atoms with Crippen LogP contribution in [0.15, 0.2) is 58.4 Å². The second-order valence-corrected chi connectivity index (χ2v) is 9.18. The Morgan fingerprint density at radius 2 is 1.67 bits per heavy atom. The van der Waals surface area contributed by atoms with Crippen molar-refractivity contribution in [1.29, 1.82) is 0 Å². The Kier molecular flexibility index (Phi) is 7.70. The summed E-state index contributed by atoms with van der Waals surface area (Å²) in [4.78, 5) is 4.59. The molecule has 1 aliphatic heterocycles. The van der Waals surface area contributed by atoms with Gasteiger partial charge in [-0.05, 0) is 48.2 Å². The second kappa shape index (κ2) is 10.4. The van der Waals surface area contributed by atoms with Gasteiger partial charge in [-0.2, -0.15) is 4.31 Å². The van der Waals surface area contributed by atoms with Crippen LogP contribution in [-0.4, -0.2) is 45.9 Å². The van der Waals surface area contributed by atoms with Crippen molar-refractivity contribution in [2.24, 2.45) is 4.99 Å². The Hall–Kier alpha value is -2.58. The standard InChI is InChI=1S/C22H30N4O3S/c1-23-22(24-16-18-9-11-20(29-2)12-10-18)25-17-19-7-6-8-21(15-19)30(27,28)26-13-4-3-5-14-26/h6-12,15H,3-5,13-14,16-17H2,1-2H3,(H2,23,24,25). The number of guanidine groups is 1. The van der Waals surface area contributed by atoms with Crippen LogP contribution >= 0.6 is 0 Å². The summed E-state index contributed by atoms with van der Waals surface area (Å²) in [6.07, 6.45) is 2.95. The first-order valence-electron chi connectivity index (χ1n) is 10.2. The molecule has 0 amide bonds. The van der Waals surface area contributed by atoms with E-state index < -0.39 is 10.0 Å². The molecule has 0 aromatic heterocycles. The molecule has 0 spiro atoms. The highest BCUT2D eigenvalue weighted by molar-refractivity contribution is 7.89. The topological polar surface area (TPSA) is 83.0 Å². The molecule has 0 aliphatic carbocycles. The minimum Gasteiger partial charge on any atom is -0.497 e. The van der Waals surface area contributed by atoms with Gasteiger partial charge >= 0.3 is 0 Å². The highest BCUT2D eigenvalue weighted by Gasteiger charge is 2.25. The van der Waals surface area contributed by atoms with E-state index in [0.717, 1.165) is 36.1 Å². The lowest BCUT2D eigenvalue weighted by atomic mass is 10.2. The van der Waals surface area contributed by atoms with Gasteiger partial charge < -0.3 is 15.4 Å². The van der Waals surface area contributed by atoms with Crippen LogP contribution in [0.2, 0.25) is 0 Å². The molecule has 162 valence electrons. The number of methoxy groups -OCH3 is 1. The number of benzene rings is 2. The van der Waals surface area contributed by atoms with Crippen LogP contribution in [0.3, 0.4) is 0 Å². The van der Waals surface area contributed by atoms with E-state index >= 15 is 0 Å². The number of sulfonamides is 1. The number of rotatable bonds is 7. The van der Waals surface area contributed by atoms with E-state index in [-0.39, 0.29) is 0 Å². The van der Waals surface area contributed by atoms with Crippen molar-refractivity contribution in [3.05, 3.63) is 59.7 Å². The molecule has 0 atom stereocenters. The zero-order valence-electron chi connectivity index (χ0n) is 17.6. The van der Waals surface area contributed by atoms with Crippen molar-refractivity contribution in [2.75, 3.05) is 27.2 Å². The smallest absolute Gasteiger partial charge is 0.243 e. The molecule has 1 heterocycles. The summed E-state index contributed by atoms with van der Waals surface area (Å²) in [5.74, 6) is 1.47. The van der Waals surface area contributed by atoms with Gasteiger partial charge in [-0.3, -0.25) is 4.99 Å². The monoisotopic (exact) mass is 430 g/mol. The van der Waals surface area contributed by atoms with Crippen LogP contribution in [0.5, 0.6) is 5.75 Å². The lowest BCUT2D eigenvalue weighted by Gasteiger charge is -2.26. The minimum atomic E-state index is -3.43. The summed E-state index contributed by atoms with van der Waals surface area (Å²) >= 11 is 0. The highest BCUT2D eigenvalue weighted by atomic mass is 32.2. The molecule has 0 radical (unpaired) electrons. The third kappa shape index (κ3) is 5.73. The first kappa shape index (κ1) is 22.1. The average molecular weight is 431 g/mol. The van der Waals surface area contributed by atoms with E-state index in [2.05, 4.69) is 15.6 Å². The van der Waals surface area contributed by atoms with Crippen LogP contribution in [0.1, 0.15) is 30.4 Å². The van der Waals surface area contributed by atoms with E-state index in [1.165, 1.54) is 0 Å². The molecule has 0 saturated carbocycles. The maximum Gasteiger partial charge on any atom is 0.243 e. The fourth-order valence-electron chi connectivity index (χ4n) is 3.41. The van der Waals surface area contributed by atoms with Crippen molar-refractivity contribution >= 4 is 16.0 Å². The van der Waals surface area contributed by atoms with Crippen LogP contribution in [0, 0.1) is 0 Å². The Morgan fingerprint density at radius 1 is 1.00 bits per heavy atom. The number of nitrogens with zero attached hydrogens (tertiary/aromatic N) is 2. The maximum absolute atomic E-state index is 12.9. The van der Waals surface area contributed by atoms with Crippen LogP contribution in [-0.2, 0) is 23.1 Å². The average Bonchev–Trinajstić information content (AvgIpc) is 2.80. The first-order chi connectivity index (χ1) is 14.5. The second-order valence-electron chi connectivity index (χ2n) is 7.24. The van der Waals surface area contributed by atoms with Gasteiger partial charge in [0.1, 0.15) is 5.75 Å². The normalized spacial score (nSPS) is 15.6. The molecule has 2 aromatic carbocycles. The fourth-order valence-corrected chi connectivity index (χ4v) is 4.99. The van der Waals surface area contributed by atoms with Gasteiger partial charge in [0, 0.05) is 33.2 Å².